The molecule has 2 aromatic rings. The Balaban J connectivity index is 1.55. The van der Waals surface area contributed by atoms with E-state index in [0.29, 0.717) is 12.2 Å². The Morgan fingerprint density at radius 2 is 1.93 bits per heavy atom. The van der Waals surface area contributed by atoms with Crippen molar-refractivity contribution in [3.05, 3.63) is 48.5 Å². The Hall–Kier alpha value is -3.06. The van der Waals surface area contributed by atoms with Crippen molar-refractivity contribution in [1.82, 2.24) is 10.2 Å². The van der Waals surface area contributed by atoms with E-state index in [0.717, 1.165) is 29.7 Å². The Morgan fingerprint density at radius 3 is 2.62 bits per heavy atom. The van der Waals surface area contributed by atoms with Gasteiger partial charge in [-0.3, -0.25) is 9.69 Å². The molecule has 0 saturated heterocycles. The van der Waals surface area contributed by atoms with Gasteiger partial charge < -0.3 is 20.5 Å². The van der Waals surface area contributed by atoms with Gasteiger partial charge in [0.2, 0.25) is 0 Å². The Morgan fingerprint density at radius 1 is 1.17 bits per heavy atom. The molecule has 1 fully saturated rings. The van der Waals surface area contributed by atoms with Crippen LogP contribution in [0, 0.1) is 0 Å². The largest absolute Gasteiger partial charge is 0.496 e. The fraction of sp³-hybridized carbons (Fsp3) is 0.364. The average molecular weight is 397 g/mol. The van der Waals surface area contributed by atoms with E-state index in [2.05, 4.69) is 10.6 Å². The van der Waals surface area contributed by atoms with Crippen molar-refractivity contribution >= 4 is 17.7 Å². The first kappa shape index (κ1) is 20.7. The van der Waals surface area contributed by atoms with E-state index >= 15 is 0 Å². The molecule has 0 aromatic heterocycles. The van der Waals surface area contributed by atoms with Gasteiger partial charge in [-0.1, -0.05) is 37.3 Å². The molecule has 0 bridgehead atoms. The lowest BCUT2D eigenvalue weighted by Gasteiger charge is -2.42. The number of benzene rings is 2. The molecule has 1 saturated carbocycles. The van der Waals surface area contributed by atoms with Crippen molar-refractivity contribution in [2.24, 2.45) is 0 Å². The highest BCUT2D eigenvalue weighted by atomic mass is 16.5. The zero-order chi connectivity index (χ0) is 20.8. The van der Waals surface area contributed by atoms with Gasteiger partial charge in [0.1, 0.15) is 5.75 Å². The van der Waals surface area contributed by atoms with E-state index in [1.165, 1.54) is 0 Å². The highest BCUT2D eigenvalue weighted by molar-refractivity contribution is 5.90. The predicted molar refractivity (Wildman–Crippen MR) is 112 cm³/mol. The van der Waals surface area contributed by atoms with Gasteiger partial charge in [-0.05, 0) is 43.1 Å². The molecule has 1 aliphatic rings. The maximum Gasteiger partial charge on any atom is 0.319 e. The second kappa shape index (κ2) is 9.43. The second-order valence-corrected chi connectivity index (χ2v) is 7.16. The topological polar surface area (TPSA) is 90.9 Å². The lowest BCUT2D eigenvalue weighted by Crippen LogP contribution is -2.55. The maximum absolute atomic E-state index is 12.4. The highest BCUT2D eigenvalue weighted by Gasteiger charge is 2.34. The summed E-state index contributed by atoms with van der Waals surface area (Å²) < 4.78 is 5.42. The lowest BCUT2D eigenvalue weighted by atomic mass is 9.85. The van der Waals surface area contributed by atoms with Crippen LogP contribution in [0.5, 0.6) is 5.75 Å². The molecule has 0 atom stereocenters. The highest BCUT2D eigenvalue weighted by Crippen LogP contribution is 2.31. The molecule has 0 unspecified atom stereocenters. The van der Waals surface area contributed by atoms with Crippen LogP contribution in [0.25, 0.3) is 11.1 Å². The molecule has 3 rings (SSSR count). The second-order valence-electron chi connectivity index (χ2n) is 7.16. The van der Waals surface area contributed by atoms with Gasteiger partial charge in [0.05, 0.1) is 13.7 Å². The van der Waals surface area contributed by atoms with Crippen LogP contribution < -0.4 is 15.4 Å². The summed E-state index contributed by atoms with van der Waals surface area (Å²) in [4.78, 5) is 25.2. The summed E-state index contributed by atoms with van der Waals surface area (Å²) in [5, 5.41) is 14.8. The predicted octanol–water partition coefficient (Wildman–Crippen LogP) is 3.42. The number of nitrogens with one attached hydrogen (secondary N) is 2. The van der Waals surface area contributed by atoms with Gasteiger partial charge in [-0.15, -0.1) is 0 Å². The number of ether oxygens (including phenoxy) is 1. The van der Waals surface area contributed by atoms with Crippen LogP contribution in [0.15, 0.2) is 48.5 Å². The molecule has 154 valence electrons. The van der Waals surface area contributed by atoms with Crippen molar-refractivity contribution in [2.75, 3.05) is 25.5 Å². The zero-order valence-corrected chi connectivity index (χ0v) is 16.7. The lowest BCUT2D eigenvalue weighted by molar-refractivity contribution is -0.139. The summed E-state index contributed by atoms with van der Waals surface area (Å²) in [6, 6.07) is 15.4. The summed E-state index contributed by atoms with van der Waals surface area (Å²) in [5.74, 6) is -0.0487. The van der Waals surface area contributed by atoms with Crippen LogP contribution in [0.1, 0.15) is 19.8 Å². The number of hydrogen-bond acceptors (Lipinski definition) is 4. The van der Waals surface area contributed by atoms with Crippen molar-refractivity contribution < 1.29 is 19.4 Å². The van der Waals surface area contributed by atoms with E-state index < -0.39 is 5.97 Å². The molecule has 1 aliphatic carbocycles. The van der Waals surface area contributed by atoms with Crippen molar-refractivity contribution in [3.8, 4) is 16.9 Å². The molecule has 0 spiro atoms. The third kappa shape index (κ3) is 5.26. The molecular formula is C22H27N3O4. The molecule has 29 heavy (non-hydrogen) atoms. The number of rotatable bonds is 8. The summed E-state index contributed by atoms with van der Waals surface area (Å²) in [7, 11) is 1.64. The number of likely N-dealkylation sites (N-methyl/N-ethyl adjacent to an activating group) is 1. The fourth-order valence-corrected chi connectivity index (χ4v) is 3.68. The van der Waals surface area contributed by atoms with Gasteiger partial charge in [0.15, 0.2) is 0 Å². The number of aliphatic carboxylic acids is 1. The van der Waals surface area contributed by atoms with E-state index in [1.54, 1.807) is 7.11 Å². The molecule has 2 aromatic carbocycles. The van der Waals surface area contributed by atoms with Gasteiger partial charge >= 0.3 is 12.0 Å². The minimum atomic E-state index is -0.823. The van der Waals surface area contributed by atoms with E-state index in [9.17, 15) is 9.59 Å². The number of carboxylic acids is 1. The smallest absolute Gasteiger partial charge is 0.319 e. The van der Waals surface area contributed by atoms with Crippen LogP contribution in [0.4, 0.5) is 10.5 Å². The summed E-state index contributed by atoms with van der Waals surface area (Å²) >= 11 is 0. The number of carboxylic acid groups (broad SMARTS) is 1. The summed E-state index contributed by atoms with van der Waals surface area (Å²) in [6.07, 6.45) is 1.52. The maximum atomic E-state index is 12.4. The van der Waals surface area contributed by atoms with Crippen LogP contribution >= 0.6 is 0 Å². The first-order chi connectivity index (χ1) is 14.0. The number of hydrogen-bond donors (Lipinski definition) is 3. The van der Waals surface area contributed by atoms with E-state index in [-0.39, 0.29) is 24.7 Å². The monoisotopic (exact) mass is 397 g/mol. The molecule has 0 aliphatic heterocycles. The van der Waals surface area contributed by atoms with Crippen molar-refractivity contribution in [1.29, 1.82) is 0 Å². The van der Waals surface area contributed by atoms with Gasteiger partial charge in [0.25, 0.3) is 0 Å². The summed E-state index contributed by atoms with van der Waals surface area (Å²) in [5.41, 5.74) is 2.61. The molecular weight excluding hydrogens is 370 g/mol. The van der Waals surface area contributed by atoms with E-state index in [1.807, 2.05) is 60.4 Å². The number of carbonyl (C=O) groups excluding carboxylic acids is 1. The Labute approximate surface area is 170 Å². The number of para-hydroxylation sites is 1. The number of urea groups is 1. The van der Waals surface area contributed by atoms with Gasteiger partial charge in [0, 0.05) is 23.3 Å². The molecule has 7 heteroatoms. The minimum Gasteiger partial charge on any atom is -0.496 e. The van der Waals surface area contributed by atoms with Crippen molar-refractivity contribution in [3.63, 3.8) is 0 Å². The molecule has 2 amide bonds. The molecule has 3 N–H and O–H groups in total. The molecule has 0 radical (unpaired) electrons. The number of anilines is 1. The van der Waals surface area contributed by atoms with Gasteiger partial charge in [-0.25, -0.2) is 4.79 Å². The Bertz CT molecular complexity index is 865. The Kier molecular flexibility index (Phi) is 6.72. The van der Waals surface area contributed by atoms with Crippen molar-refractivity contribution in [2.45, 2.75) is 31.8 Å². The first-order valence-corrected chi connectivity index (χ1v) is 9.77. The number of methoxy groups -OCH3 is 1. The normalized spacial score (nSPS) is 18.0. The third-order valence-corrected chi connectivity index (χ3v) is 5.25. The zero-order valence-electron chi connectivity index (χ0n) is 16.7. The van der Waals surface area contributed by atoms with Crippen LogP contribution in [0.2, 0.25) is 0 Å². The first-order valence-electron chi connectivity index (χ1n) is 9.77. The minimum absolute atomic E-state index is 0.0375. The third-order valence-electron chi connectivity index (χ3n) is 5.25. The molecule has 7 nitrogen and oxygen atoms in total. The number of nitrogens with zero attached hydrogens (tertiary/aromatic N) is 1. The number of carbonyl (C=O) groups is 2. The van der Waals surface area contributed by atoms with E-state index in [4.69, 9.17) is 9.84 Å². The van der Waals surface area contributed by atoms with Crippen LogP contribution in [0.3, 0.4) is 0 Å². The standard InChI is InChI=1S/C22H27N3O4/c1-3-25(14-21(26)27)18-12-17(13-18)24-22(28)23-16-8-6-7-15(11-16)19-9-4-5-10-20(19)29-2/h4-11,17-18H,3,12-14H2,1-2H3,(H,26,27)(H2,23,24,28). The quantitative estimate of drug-likeness (QED) is 0.635. The van der Waals surface area contributed by atoms with Crippen LogP contribution in [-0.4, -0.2) is 54.3 Å². The van der Waals surface area contributed by atoms with Crippen LogP contribution in [-0.2, 0) is 4.79 Å². The fourth-order valence-electron chi connectivity index (χ4n) is 3.68. The summed E-state index contributed by atoms with van der Waals surface area (Å²) in [6.45, 7) is 2.67. The number of amides is 2. The average Bonchev–Trinajstić information content (AvgIpc) is 2.69. The SMILES string of the molecule is CCN(CC(=O)O)C1CC(NC(=O)Nc2cccc(-c3ccccc3OC)c2)C1. The molecule has 0 heterocycles. The van der Waals surface area contributed by atoms with Gasteiger partial charge in [-0.2, -0.15) is 0 Å².